The first kappa shape index (κ1) is 50.2. The van der Waals surface area contributed by atoms with E-state index in [2.05, 4.69) is 83.0 Å². The van der Waals surface area contributed by atoms with Crippen LogP contribution < -0.4 is 16.2 Å². The molecule has 4 saturated heterocycles. The number of likely N-dealkylation sites (tertiary alicyclic amines) is 2. The molecule has 6 aliphatic heterocycles. The number of carbonyl (C=O) groups is 2. The summed E-state index contributed by atoms with van der Waals surface area (Å²) < 4.78 is 26.4. The van der Waals surface area contributed by atoms with Crippen LogP contribution >= 0.6 is 0 Å². The zero-order chi connectivity index (χ0) is 52.1. The highest BCUT2D eigenvalue weighted by molar-refractivity contribution is 5.95. The van der Waals surface area contributed by atoms with Crippen molar-refractivity contribution in [2.24, 2.45) is 24.8 Å². The number of carbonyl (C=O) groups excluding carboxylic acids is 2. The van der Waals surface area contributed by atoms with Crippen LogP contribution in [-0.2, 0) is 40.3 Å². The lowest BCUT2D eigenvalue weighted by atomic mass is 9.61. The summed E-state index contributed by atoms with van der Waals surface area (Å²) in [5.74, 6) is 0.561. The molecule has 9 heterocycles. The van der Waals surface area contributed by atoms with Crippen LogP contribution in [0.25, 0.3) is 22.3 Å². The molecule has 14 heteroatoms. The molecule has 396 valence electrons. The van der Waals surface area contributed by atoms with Crippen molar-refractivity contribution in [1.82, 2.24) is 34.1 Å². The third-order valence-electron chi connectivity index (χ3n) is 19.4. The lowest BCUT2D eigenvalue weighted by Crippen LogP contribution is -2.66. The Hall–Kier alpha value is -5.67. The van der Waals surface area contributed by atoms with Gasteiger partial charge in [-0.2, -0.15) is 0 Å². The number of fused-ring (bicyclic) bond motifs is 5. The highest BCUT2D eigenvalue weighted by Crippen LogP contribution is 2.61. The number of halogens is 1. The number of nitrogens with one attached hydrogen (secondary N) is 2. The number of nitrogens with zero attached hydrogens (tertiary/aromatic N) is 6. The number of amides is 2. The first-order chi connectivity index (χ1) is 36.1. The van der Waals surface area contributed by atoms with Crippen molar-refractivity contribution in [3.8, 4) is 5.69 Å². The van der Waals surface area contributed by atoms with Gasteiger partial charge in [-0.25, -0.2) is 9.37 Å². The lowest BCUT2D eigenvalue weighted by Gasteiger charge is -2.55. The summed E-state index contributed by atoms with van der Waals surface area (Å²) in [6.45, 7) is 17.4. The van der Waals surface area contributed by atoms with Crippen molar-refractivity contribution < 1.29 is 23.8 Å². The number of aliphatic hydroxyl groups excluding tert-OH is 1. The largest absolute Gasteiger partial charge is 0.384 e. The Morgan fingerprint density at radius 2 is 1.80 bits per heavy atom. The molecule has 4 unspecified atom stereocenters. The van der Waals surface area contributed by atoms with Gasteiger partial charge in [0.25, 0.3) is 11.5 Å². The van der Waals surface area contributed by atoms with E-state index in [1.54, 1.807) is 10.8 Å². The fraction of sp³-hybridized carbons (Fsp3) is 0.541. The number of piperidine rings is 2. The summed E-state index contributed by atoms with van der Waals surface area (Å²) in [6.07, 6.45) is 13.9. The fourth-order valence-electron chi connectivity index (χ4n) is 15.3. The molecule has 2 aromatic carbocycles. The molecule has 5 aromatic rings. The smallest absolute Gasteiger partial charge is 0.260 e. The van der Waals surface area contributed by atoms with Crippen LogP contribution in [0.3, 0.4) is 0 Å². The fourth-order valence-corrected chi connectivity index (χ4v) is 15.3. The zero-order valence-electron chi connectivity index (χ0n) is 44.8. The summed E-state index contributed by atoms with van der Waals surface area (Å²) in [4.78, 5) is 51.4. The summed E-state index contributed by atoms with van der Waals surface area (Å²) in [7, 11) is 2.03. The standard InChI is InChI=1S/C61H75FN8O5/c1-36-28-43(32-49(62)54(36)42-17-25-67(26-18-42)38(3)52-33-45-51(14-21-64-55(45)66(52)6)70-27-19-50-44(58(70)74)13-20-63-50)57(73)68-23-15-39(16-24-68)34-69-22-7-8-40(29-37(69)2)30-41-9-10-46-48(31-41)60(4,5)59-61(46,35-75-59)47-11-12-53(71)65-56(47)72/h9-10,14,17,19,21,27-28,31-33,37-40,47,56,59,63,72H,7-8,11-13,15-16,18,20,22-26,29-30,34-35H2,1-6H3,(H,65,71)/t37-,38-,40?,47+,56?,59?,61?/m0/s1. The normalized spacial score (nSPS) is 27.4. The van der Waals surface area contributed by atoms with E-state index in [4.69, 9.17) is 9.72 Å². The third-order valence-corrected chi connectivity index (χ3v) is 19.4. The van der Waals surface area contributed by atoms with Gasteiger partial charge in [0.15, 0.2) is 0 Å². The van der Waals surface area contributed by atoms with Crippen LogP contribution in [0.1, 0.15) is 135 Å². The predicted molar refractivity (Wildman–Crippen MR) is 291 cm³/mol. The van der Waals surface area contributed by atoms with Gasteiger partial charge in [-0.15, -0.1) is 0 Å². The maximum Gasteiger partial charge on any atom is 0.260 e. The number of anilines is 1. The first-order valence-corrected chi connectivity index (χ1v) is 28.0. The van der Waals surface area contributed by atoms with E-state index < -0.39 is 6.23 Å². The minimum Gasteiger partial charge on any atom is -0.384 e. The molecule has 75 heavy (non-hydrogen) atoms. The highest BCUT2D eigenvalue weighted by atomic mass is 19.1. The Morgan fingerprint density at radius 1 is 0.973 bits per heavy atom. The van der Waals surface area contributed by atoms with E-state index >= 15 is 4.39 Å². The Kier molecular flexibility index (Phi) is 13.0. The monoisotopic (exact) mass is 1020 g/mol. The van der Waals surface area contributed by atoms with E-state index in [9.17, 15) is 19.5 Å². The van der Waals surface area contributed by atoms with Crippen molar-refractivity contribution in [2.75, 3.05) is 57.7 Å². The third kappa shape index (κ3) is 8.57. The number of hydrogen-bond donors (Lipinski definition) is 3. The molecule has 7 atom stereocenters. The number of aryl methyl sites for hydroxylation is 2. The molecular weight excluding hydrogens is 944 g/mol. The van der Waals surface area contributed by atoms with Gasteiger partial charge in [-0.1, -0.05) is 38.1 Å². The minimum atomic E-state index is -0.854. The summed E-state index contributed by atoms with van der Waals surface area (Å²) in [5.41, 5.74) is 10.9. The number of benzene rings is 2. The lowest BCUT2D eigenvalue weighted by molar-refractivity contribution is -0.201. The predicted octanol–water partition coefficient (Wildman–Crippen LogP) is 8.35. The summed E-state index contributed by atoms with van der Waals surface area (Å²) in [5, 5.41) is 18.1. The van der Waals surface area contributed by atoms with Crippen LogP contribution in [0.5, 0.6) is 0 Å². The zero-order valence-corrected chi connectivity index (χ0v) is 44.8. The molecule has 7 aliphatic rings. The van der Waals surface area contributed by atoms with E-state index in [1.165, 1.54) is 35.6 Å². The summed E-state index contributed by atoms with van der Waals surface area (Å²) in [6, 6.07) is 17.0. The van der Waals surface area contributed by atoms with E-state index in [1.807, 2.05) is 43.3 Å². The van der Waals surface area contributed by atoms with E-state index in [0.29, 0.717) is 74.5 Å². The molecule has 0 spiro atoms. The Morgan fingerprint density at radius 3 is 2.55 bits per heavy atom. The van der Waals surface area contributed by atoms with Gasteiger partial charge >= 0.3 is 0 Å². The van der Waals surface area contributed by atoms with Gasteiger partial charge < -0.3 is 34.8 Å². The maximum atomic E-state index is 16.3. The number of rotatable bonds is 10. The molecule has 12 rings (SSSR count). The number of aliphatic hydroxyl groups is 1. The van der Waals surface area contributed by atoms with E-state index in [0.717, 1.165) is 103 Å². The quantitative estimate of drug-likeness (QED) is 0.126. The number of pyridine rings is 2. The van der Waals surface area contributed by atoms with Crippen LogP contribution in [-0.4, -0.2) is 117 Å². The van der Waals surface area contributed by atoms with Crippen molar-refractivity contribution >= 4 is 34.1 Å². The van der Waals surface area contributed by atoms with Gasteiger partial charge in [0.1, 0.15) is 17.7 Å². The Labute approximate surface area is 440 Å². The topological polar surface area (TPSA) is 137 Å². The molecule has 2 amide bonds. The SMILES string of the molecule is Cc1cc(C(=O)N2CCC(CN3CCCC(Cc4ccc5c(c4)C(C)(C)C4OCC54[C@@H]4CCC(=O)NC4O)C[C@@H]3C)CC2)cc(F)c1C1=CCN([C@@H](C)c2cc3c(-n4ccc5c(c4=O)CCN5)ccnc3n2C)CC1. The molecular formula is C61H75FN8O5. The first-order valence-electron chi connectivity index (χ1n) is 28.0. The van der Waals surface area contributed by atoms with E-state index in [-0.39, 0.29) is 52.1 Å². The summed E-state index contributed by atoms with van der Waals surface area (Å²) >= 11 is 0. The highest BCUT2D eigenvalue weighted by Gasteiger charge is 2.67. The van der Waals surface area contributed by atoms with Gasteiger partial charge in [0, 0.05) is 122 Å². The molecule has 1 aliphatic carbocycles. The van der Waals surface area contributed by atoms with Crippen molar-refractivity contribution in [2.45, 2.75) is 134 Å². The maximum absolute atomic E-state index is 16.3. The number of ether oxygens (including phenoxy) is 1. The van der Waals surface area contributed by atoms with Crippen LogP contribution in [0.2, 0.25) is 0 Å². The second-order valence-electron chi connectivity index (χ2n) is 24.1. The van der Waals surface area contributed by atoms with Crippen molar-refractivity contribution in [1.29, 1.82) is 0 Å². The Balaban J connectivity index is 0.644. The molecule has 0 bridgehead atoms. The molecule has 0 saturated carbocycles. The molecule has 3 aromatic heterocycles. The second kappa shape index (κ2) is 19.4. The van der Waals surface area contributed by atoms with Gasteiger partial charge in [0.05, 0.1) is 23.8 Å². The molecule has 0 radical (unpaired) electrons. The Bertz CT molecular complexity index is 3150. The minimum absolute atomic E-state index is 0.00468. The average Bonchev–Trinajstić information content (AvgIpc) is 4.17. The van der Waals surface area contributed by atoms with Gasteiger partial charge in [0.2, 0.25) is 5.91 Å². The van der Waals surface area contributed by atoms with Crippen LogP contribution in [0, 0.1) is 30.5 Å². The molecule has 4 fully saturated rings. The average molecular weight is 1020 g/mol. The van der Waals surface area contributed by atoms with Gasteiger partial charge in [-0.3, -0.25) is 23.9 Å². The van der Waals surface area contributed by atoms with Crippen LogP contribution in [0.15, 0.2) is 71.8 Å². The van der Waals surface area contributed by atoms with Crippen molar-refractivity contribution in [3.63, 3.8) is 0 Å². The molecule has 13 nitrogen and oxygen atoms in total. The van der Waals surface area contributed by atoms with Crippen LogP contribution in [0.4, 0.5) is 10.1 Å². The van der Waals surface area contributed by atoms with Gasteiger partial charge in [-0.05, 0) is 155 Å². The number of hydrogen-bond acceptors (Lipinski definition) is 9. The number of aromatic nitrogens is 3. The van der Waals surface area contributed by atoms with Crippen molar-refractivity contribution in [3.05, 3.63) is 128 Å². The molecule has 3 N–H and O–H groups in total. The second-order valence-corrected chi connectivity index (χ2v) is 24.1.